The van der Waals surface area contributed by atoms with Crippen LogP contribution in [0.25, 0.3) is 11.0 Å². The Morgan fingerprint density at radius 1 is 1.00 bits per heavy atom. The second-order valence-electron chi connectivity index (χ2n) is 8.45. The Kier molecular flexibility index (Phi) is 5.05. The molecular weight excluding hydrogens is 434 g/mol. The lowest BCUT2D eigenvalue weighted by atomic mass is 9.99. The number of carbonyl (C=O) groups is 2. The van der Waals surface area contributed by atoms with Gasteiger partial charge in [-0.15, -0.1) is 0 Å². The molecule has 0 saturated carbocycles. The van der Waals surface area contributed by atoms with Crippen LogP contribution in [0.5, 0.6) is 5.75 Å². The first kappa shape index (κ1) is 21.6. The van der Waals surface area contributed by atoms with Crippen molar-refractivity contribution in [1.29, 1.82) is 0 Å². The number of rotatable bonds is 5. The highest BCUT2D eigenvalue weighted by Gasteiger charge is 2.47. The van der Waals surface area contributed by atoms with Gasteiger partial charge in [0.25, 0.3) is 5.91 Å². The van der Waals surface area contributed by atoms with Gasteiger partial charge in [0.15, 0.2) is 22.9 Å². The summed E-state index contributed by atoms with van der Waals surface area (Å²) in [6.45, 7) is 5.62. The number of aryl methyl sites for hydroxylation is 3. The molecule has 1 atom stereocenters. The van der Waals surface area contributed by atoms with Gasteiger partial charge in [-0.3, -0.25) is 14.5 Å². The van der Waals surface area contributed by atoms with E-state index in [0.29, 0.717) is 33.9 Å². The third-order valence-electron chi connectivity index (χ3n) is 5.92. The molecule has 2 aromatic carbocycles. The van der Waals surface area contributed by atoms with Crippen LogP contribution < -0.4 is 9.64 Å². The van der Waals surface area contributed by atoms with E-state index in [2.05, 4.69) is 0 Å². The van der Waals surface area contributed by atoms with Crippen LogP contribution in [0.3, 0.4) is 0 Å². The molecule has 5 rings (SSSR count). The molecule has 0 bridgehead atoms. The Morgan fingerprint density at radius 3 is 2.38 bits per heavy atom. The summed E-state index contributed by atoms with van der Waals surface area (Å²) in [4.78, 5) is 28.4. The number of aliphatic hydroxyl groups is 1. The molecule has 1 unspecified atom stereocenters. The topological polar surface area (TPSA) is 93.1 Å². The maximum Gasteiger partial charge on any atom is 0.294 e. The number of nitrogens with zero attached hydrogens (tertiary/aromatic N) is 1. The van der Waals surface area contributed by atoms with Gasteiger partial charge in [0.2, 0.25) is 5.78 Å². The van der Waals surface area contributed by atoms with Gasteiger partial charge in [-0.25, -0.2) is 0 Å². The first-order valence-corrected chi connectivity index (χ1v) is 10.8. The van der Waals surface area contributed by atoms with Gasteiger partial charge in [-0.05, 0) is 68.3 Å². The molecule has 2 aromatic heterocycles. The SMILES string of the molecule is COc1cccc2cc(C(=O)C3=C(O)C(=O)N(c4cc(C)cc(C)c4)C3c3ccc(C)o3)oc12. The number of methoxy groups -OCH3 is 1. The fourth-order valence-corrected chi connectivity index (χ4v) is 4.50. The minimum Gasteiger partial charge on any atom is -0.503 e. The van der Waals surface area contributed by atoms with Crippen molar-refractivity contribution in [3.05, 3.63) is 94.3 Å². The van der Waals surface area contributed by atoms with Crippen molar-refractivity contribution in [3.63, 3.8) is 0 Å². The summed E-state index contributed by atoms with van der Waals surface area (Å²) < 4.78 is 17.0. The van der Waals surface area contributed by atoms with Crippen molar-refractivity contribution in [2.75, 3.05) is 12.0 Å². The molecular formula is C27H23NO6. The number of ketones is 1. The predicted octanol–water partition coefficient (Wildman–Crippen LogP) is 5.74. The van der Waals surface area contributed by atoms with E-state index in [1.54, 1.807) is 43.3 Å². The lowest BCUT2D eigenvalue weighted by Crippen LogP contribution is -2.31. The number of benzene rings is 2. The molecule has 172 valence electrons. The van der Waals surface area contributed by atoms with Crippen molar-refractivity contribution in [2.24, 2.45) is 0 Å². The normalized spacial score (nSPS) is 16.1. The number of anilines is 1. The van der Waals surface area contributed by atoms with Gasteiger partial charge in [0.1, 0.15) is 17.6 Å². The number of furan rings is 2. The number of aliphatic hydroxyl groups excluding tert-OH is 1. The molecule has 1 aliphatic heterocycles. The maximum absolute atomic E-state index is 13.7. The van der Waals surface area contributed by atoms with Gasteiger partial charge in [0, 0.05) is 11.1 Å². The molecule has 0 aliphatic carbocycles. The molecule has 34 heavy (non-hydrogen) atoms. The van der Waals surface area contributed by atoms with Gasteiger partial charge in [-0.2, -0.15) is 0 Å². The van der Waals surface area contributed by atoms with Crippen LogP contribution in [0.4, 0.5) is 5.69 Å². The number of amides is 1. The maximum atomic E-state index is 13.7. The van der Waals surface area contributed by atoms with E-state index in [-0.39, 0.29) is 11.3 Å². The van der Waals surface area contributed by atoms with Crippen LogP contribution in [0.2, 0.25) is 0 Å². The third-order valence-corrected chi connectivity index (χ3v) is 5.92. The summed E-state index contributed by atoms with van der Waals surface area (Å²) in [6.07, 6.45) is 0. The molecule has 0 fully saturated rings. The van der Waals surface area contributed by atoms with Gasteiger partial charge >= 0.3 is 0 Å². The minimum atomic E-state index is -0.954. The van der Waals surface area contributed by atoms with E-state index < -0.39 is 23.5 Å². The van der Waals surface area contributed by atoms with Crippen LogP contribution in [0, 0.1) is 20.8 Å². The van der Waals surface area contributed by atoms with Crippen molar-refractivity contribution in [3.8, 4) is 5.75 Å². The zero-order valence-corrected chi connectivity index (χ0v) is 19.2. The summed E-state index contributed by atoms with van der Waals surface area (Å²) in [5.41, 5.74) is 2.76. The molecule has 1 amide bonds. The van der Waals surface area contributed by atoms with Crippen LogP contribution in [0.1, 0.15) is 39.2 Å². The molecule has 0 radical (unpaired) electrons. The number of fused-ring (bicyclic) bond motifs is 1. The van der Waals surface area contributed by atoms with Crippen molar-refractivity contribution < 1.29 is 28.3 Å². The smallest absolute Gasteiger partial charge is 0.294 e. The molecule has 3 heterocycles. The summed E-state index contributed by atoms with van der Waals surface area (Å²) in [5.74, 6) is -0.455. The van der Waals surface area contributed by atoms with E-state index in [1.807, 2.05) is 32.0 Å². The molecule has 7 nitrogen and oxygen atoms in total. The Labute approximate surface area is 195 Å². The summed E-state index contributed by atoms with van der Waals surface area (Å²) in [6, 6.07) is 15.0. The predicted molar refractivity (Wildman–Crippen MR) is 126 cm³/mol. The summed E-state index contributed by atoms with van der Waals surface area (Å²) in [5, 5.41) is 11.6. The third kappa shape index (κ3) is 3.37. The Hall–Kier alpha value is -4.26. The molecule has 0 spiro atoms. The highest BCUT2D eigenvalue weighted by atomic mass is 16.5. The fourth-order valence-electron chi connectivity index (χ4n) is 4.50. The van der Waals surface area contributed by atoms with Crippen molar-refractivity contribution >= 4 is 28.3 Å². The minimum absolute atomic E-state index is 0.00981. The standard InChI is InChI=1S/C27H23NO6/c1-14-10-15(2)12-18(11-14)28-23(19-9-8-16(3)33-19)22(25(30)27(28)31)24(29)21-13-17-6-5-7-20(32-4)26(17)34-21/h5-13,23,30H,1-4H3. The van der Waals surface area contributed by atoms with Gasteiger partial charge in [0.05, 0.1) is 12.7 Å². The van der Waals surface area contributed by atoms with Crippen LogP contribution in [0.15, 0.2) is 74.8 Å². The number of hydrogen-bond donors (Lipinski definition) is 1. The van der Waals surface area contributed by atoms with E-state index in [0.717, 1.165) is 11.1 Å². The molecule has 7 heteroatoms. The highest BCUT2D eigenvalue weighted by molar-refractivity contribution is 6.20. The van der Waals surface area contributed by atoms with Crippen LogP contribution in [-0.4, -0.2) is 23.9 Å². The highest BCUT2D eigenvalue weighted by Crippen LogP contribution is 2.43. The number of Topliss-reactive ketones (excluding diaryl/α,β-unsaturated/α-hetero) is 1. The molecule has 4 aromatic rings. The van der Waals surface area contributed by atoms with Crippen molar-refractivity contribution in [2.45, 2.75) is 26.8 Å². The monoisotopic (exact) mass is 457 g/mol. The average Bonchev–Trinajstić information content (AvgIpc) is 3.49. The number of hydrogen-bond acceptors (Lipinski definition) is 6. The summed E-state index contributed by atoms with van der Waals surface area (Å²) >= 11 is 0. The van der Waals surface area contributed by atoms with E-state index in [4.69, 9.17) is 13.6 Å². The quantitative estimate of drug-likeness (QED) is 0.384. The Balaban J connectivity index is 1.67. The second-order valence-corrected chi connectivity index (χ2v) is 8.45. The Bertz CT molecular complexity index is 1470. The van der Waals surface area contributed by atoms with E-state index >= 15 is 0 Å². The molecule has 1 N–H and O–H groups in total. The van der Waals surface area contributed by atoms with E-state index in [9.17, 15) is 14.7 Å². The van der Waals surface area contributed by atoms with Crippen LogP contribution in [-0.2, 0) is 4.79 Å². The number of ether oxygens (including phenoxy) is 1. The largest absolute Gasteiger partial charge is 0.503 e. The zero-order valence-electron chi connectivity index (χ0n) is 19.2. The number of para-hydroxylation sites is 1. The van der Waals surface area contributed by atoms with Crippen LogP contribution >= 0.6 is 0 Å². The first-order chi connectivity index (χ1) is 16.3. The van der Waals surface area contributed by atoms with Crippen molar-refractivity contribution in [1.82, 2.24) is 0 Å². The fraction of sp³-hybridized carbons (Fsp3) is 0.185. The first-order valence-electron chi connectivity index (χ1n) is 10.8. The molecule has 1 aliphatic rings. The Morgan fingerprint density at radius 2 is 1.74 bits per heavy atom. The lowest BCUT2D eigenvalue weighted by molar-refractivity contribution is -0.117. The zero-order chi connectivity index (χ0) is 24.1. The summed E-state index contributed by atoms with van der Waals surface area (Å²) in [7, 11) is 1.51. The average molecular weight is 457 g/mol. The van der Waals surface area contributed by atoms with E-state index in [1.165, 1.54) is 12.0 Å². The lowest BCUT2D eigenvalue weighted by Gasteiger charge is -2.25. The second kappa shape index (κ2) is 7.95. The van der Waals surface area contributed by atoms with Gasteiger partial charge < -0.3 is 18.7 Å². The molecule has 0 saturated heterocycles. The van der Waals surface area contributed by atoms with Gasteiger partial charge in [-0.1, -0.05) is 18.2 Å². The number of carbonyl (C=O) groups excluding carboxylic acids is 2.